The van der Waals surface area contributed by atoms with E-state index in [-0.39, 0.29) is 0 Å². The zero-order valence-corrected chi connectivity index (χ0v) is 15.9. The van der Waals surface area contributed by atoms with Crippen LogP contribution in [0.5, 0.6) is 0 Å². The van der Waals surface area contributed by atoms with Crippen LogP contribution in [0.1, 0.15) is 33.1 Å². The van der Waals surface area contributed by atoms with Gasteiger partial charge in [0.05, 0.1) is 0 Å². The standard InChI is InChI=1S/C18H28N4S/c1-7-14-15(19-16-9-8-12-23-16)11-10-13(2)17(21(3)4)20-18(14)22(5)6/h8-9,12-13H,7,10-11H2,1-6H3. The maximum absolute atomic E-state index is 5.02. The number of thiophene rings is 1. The molecule has 23 heavy (non-hydrogen) atoms. The van der Waals surface area contributed by atoms with Crippen LogP contribution in [0.3, 0.4) is 0 Å². The molecule has 2 rings (SSSR count). The molecule has 0 radical (unpaired) electrons. The predicted octanol–water partition coefficient (Wildman–Crippen LogP) is 4.39. The Hall–Kier alpha value is -1.62. The molecule has 0 N–H and O–H groups in total. The Morgan fingerprint density at radius 1 is 1.26 bits per heavy atom. The van der Waals surface area contributed by atoms with Crippen molar-refractivity contribution in [2.45, 2.75) is 33.1 Å². The third kappa shape index (κ3) is 4.22. The summed E-state index contributed by atoms with van der Waals surface area (Å²) < 4.78 is 0. The molecule has 126 valence electrons. The van der Waals surface area contributed by atoms with Crippen LogP contribution in [0.2, 0.25) is 0 Å². The summed E-state index contributed by atoms with van der Waals surface area (Å²) in [4.78, 5) is 14.2. The molecule has 0 spiro atoms. The van der Waals surface area contributed by atoms with E-state index < -0.39 is 0 Å². The second-order valence-electron chi connectivity index (χ2n) is 6.36. The van der Waals surface area contributed by atoms with E-state index in [1.807, 2.05) is 0 Å². The monoisotopic (exact) mass is 332 g/mol. The van der Waals surface area contributed by atoms with Gasteiger partial charge in [-0.2, -0.15) is 0 Å². The van der Waals surface area contributed by atoms with Crippen LogP contribution in [0, 0.1) is 5.92 Å². The van der Waals surface area contributed by atoms with E-state index in [1.54, 1.807) is 11.3 Å². The number of aliphatic imine (C=N–C) groups is 2. The summed E-state index contributed by atoms with van der Waals surface area (Å²) in [6.45, 7) is 4.45. The van der Waals surface area contributed by atoms with E-state index in [2.05, 4.69) is 69.4 Å². The summed E-state index contributed by atoms with van der Waals surface area (Å²) in [5.41, 5.74) is 2.45. The first-order valence-corrected chi connectivity index (χ1v) is 9.09. The molecular formula is C18H28N4S. The summed E-state index contributed by atoms with van der Waals surface area (Å²) >= 11 is 1.69. The minimum absolute atomic E-state index is 0.423. The molecule has 1 aliphatic heterocycles. The molecule has 5 heteroatoms. The Bertz CT molecular complexity index is 609. The van der Waals surface area contributed by atoms with Gasteiger partial charge in [0, 0.05) is 45.4 Å². The lowest BCUT2D eigenvalue weighted by Crippen LogP contribution is -2.32. The number of allylic oxidation sites excluding steroid dienone is 1. The van der Waals surface area contributed by atoms with Crippen molar-refractivity contribution in [1.82, 2.24) is 9.80 Å². The molecule has 2 heterocycles. The normalized spacial score (nSPS) is 21.0. The summed E-state index contributed by atoms with van der Waals surface area (Å²) in [5.74, 6) is 2.61. The third-order valence-electron chi connectivity index (χ3n) is 4.08. The average molecular weight is 333 g/mol. The van der Waals surface area contributed by atoms with Crippen molar-refractivity contribution < 1.29 is 0 Å². The van der Waals surface area contributed by atoms with Crippen molar-refractivity contribution in [2.24, 2.45) is 15.9 Å². The molecule has 0 amide bonds. The topological polar surface area (TPSA) is 31.2 Å². The van der Waals surface area contributed by atoms with Gasteiger partial charge in [-0.1, -0.05) is 13.8 Å². The largest absolute Gasteiger partial charge is 0.366 e. The molecular weight excluding hydrogens is 304 g/mol. The number of amidine groups is 1. The quantitative estimate of drug-likeness (QED) is 0.822. The zero-order valence-electron chi connectivity index (χ0n) is 15.1. The molecule has 1 aliphatic rings. The van der Waals surface area contributed by atoms with Crippen LogP contribution >= 0.6 is 11.3 Å². The van der Waals surface area contributed by atoms with Gasteiger partial charge in [-0.15, -0.1) is 11.3 Å². The molecule has 1 atom stereocenters. The van der Waals surface area contributed by atoms with Crippen LogP contribution in [0.25, 0.3) is 0 Å². The van der Waals surface area contributed by atoms with Gasteiger partial charge in [-0.25, -0.2) is 9.98 Å². The number of hydrogen-bond donors (Lipinski definition) is 0. The Kier molecular flexibility index (Phi) is 5.99. The molecule has 0 saturated heterocycles. The second-order valence-corrected chi connectivity index (χ2v) is 7.29. The summed E-state index contributed by atoms with van der Waals surface area (Å²) in [5, 5.41) is 3.16. The highest BCUT2D eigenvalue weighted by atomic mass is 32.1. The SMILES string of the molecule is CCC1=C(N(C)C)N=C(N(C)C)C(C)CCC1=Nc1cccs1. The van der Waals surface area contributed by atoms with E-state index in [1.165, 1.54) is 11.3 Å². The molecule has 0 bridgehead atoms. The van der Waals surface area contributed by atoms with Crippen molar-refractivity contribution >= 4 is 27.9 Å². The summed E-state index contributed by atoms with van der Waals surface area (Å²) in [6, 6.07) is 4.14. The fraction of sp³-hybridized carbons (Fsp3) is 0.556. The zero-order chi connectivity index (χ0) is 17.0. The van der Waals surface area contributed by atoms with Crippen LogP contribution in [-0.2, 0) is 0 Å². The molecule has 1 unspecified atom stereocenters. The fourth-order valence-electron chi connectivity index (χ4n) is 2.91. The first kappa shape index (κ1) is 17.7. The van der Waals surface area contributed by atoms with E-state index >= 15 is 0 Å². The molecule has 1 aromatic heterocycles. The van der Waals surface area contributed by atoms with Crippen molar-refractivity contribution in [3.8, 4) is 0 Å². The van der Waals surface area contributed by atoms with E-state index in [0.29, 0.717) is 5.92 Å². The van der Waals surface area contributed by atoms with Crippen LogP contribution in [0.15, 0.2) is 38.9 Å². The molecule has 1 aromatic rings. The van der Waals surface area contributed by atoms with Gasteiger partial charge in [0.15, 0.2) is 0 Å². The smallest absolute Gasteiger partial charge is 0.135 e. The minimum Gasteiger partial charge on any atom is -0.366 e. The van der Waals surface area contributed by atoms with Crippen molar-refractivity contribution in [3.05, 3.63) is 28.9 Å². The van der Waals surface area contributed by atoms with Crippen LogP contribution in [0.4, 0.5) is 5.00 Å². The Labute approximate surface area is 144 Å². The van der Waals surface area contributed by atoms with Crippen molar-refractivity contribution in [1.29, 1.82) is 0 Å². The number of rotatable bonds is 3. The van der Waals surface area contributed by atoms with Crippen LogP contribution < -0.4 is 0 Å². The minimum atomic E-state index is 0.423. The van der Waals surface area contributed by atoms with Crippen LogP contribution in [-0.4, -0.2) is 49.5 Å². The first-order valence-electron chi connectivity index (χ1n) is 8.21. The van der Waals surface area contributed by atoms with Gasteiger partial charge < -0.3 is 9.80 Å². The van der Waals surface area contributed by atoms with Crippen molar-refractivity contribution in [3.63, 3.8) is 0 Å². The van der Waals surface area contributed by atoms with Gasteiger partial charge in [0.1, 0.15) is 16.7 Å². The summed E-state index contributed by atoms with van der Waals surface area (Å²) in [6.07, 6.45) is 3.01. The Morgan fingerprint density at radius 3 is 2.52 bits per heavy atom. The molecule has 0 saturated carbocycles. The molecule has 0 fully saturated rings. The van der Waals surface area contributed by atoms with E-state index in [9.17, 15) is 0 Å². The second kappa shape index (κ2) is 7.77. The summed E-state index contributed by atoms with van der Waals surface area (Å²) in [7, 11) is 8.29. The average Bonchev–Trinajstić information content (AvgIpc) is 2.98. The maximum Gasteiger partial charge on any atom is 0.135 e. The highest BCUT2D eigenvalue weighted by Crippen LogP contribution is 2.28. The van der Waals surface area contributed by atoms with Gasteiger partial charge >= 0.3 is 0 Å². The maximum atomic E-state index is 5.02. The fourth-order valence-corrected chi connectivity index (χ4v) is 3.53. The third-order valence-corrected chi connectivity index (χ3v) is 4.84. The lowest BCUT2D eigenvalue weighted by atomic mass is 9.94. The molecule has 4 nitrogen and oxygen atoms in total. The lowest BCUT2D eigenvalue weighted by molar-refractivity contribution is 0.482. The first-order chi connectivity index (χ1) is 10.9. The highest BCUT2D eigenvalue weighted by Gasteiger charge is 2.22. The van der Waals surface area contributed by atoms with Gasteiger partial charge in [-0.05, 0) is 36.8 Å². The lowest BCUT2D eigenvalue weighted by Gasteiger charge is -2.28. The molecule has 0 aromatic carbocycles. The Morgan fingerprint density at radius 2 is 2.00 bits per heavy atom. The predicted molar refractivity (Wildman–Crippen MR) is 102 cm³/mol. The van der Waals surface area contributed by atoms with E-state index in [4.69, 9.17) is 9.98 Å². The Balaban J connectivity index is 2.59. The molecule has 0 aliphatic carbocycles. The highest BCUT2D eigenvalue weighted by molar-refractivity contribution is 7.13. The number of nitrogens with zero attached hydrogens (tertiary/aromatic N) is 4. The van der Waals surface area contributed by atoms with E-state index in [0.717, 1.165) is 35.9 Å². The van der Waals surface area contributed by atoms with Gasteiger partial charge in [0.25, 0.3) is 0 Å². The number of hydrogen-bond acceptors (Lipinski definition) is 5. The van der Waals surface area contributed by atoms with Crippen molar-refractivity contribution in [2.75, 3.05) is 28.2 Å². The van der Waals surface area contributed by atoms with Gasteiger partial charge in [-0.3, -0.25) is 0 Å². The van der Waals surface area contributed by atoms with Gasteiger partial charge in [0.2, 0.25) is 0 Å².